The average molecular weight is 227 g/mol. The Hall–Kier alpha value is -0.980. The van der Waals surface area contributed by atoms with Crippen LogP contribution < -0.4 is 5.73 Å². The van der Waals surface area contributed by atoms with E-state index in [1.807, 2.05) is 5.38 Å². The summed E-state index contributed by atoms with van der Waals surface area (Å²) < 4.78 is 5.04. The molecule has 0 saturated heterocycles. The highest BCUT2D eigenvalue weighted by Crippen LogP contribution is 2.29. The molecule has 0 fully saturated rings. The van der Waals surface area contributed by atoms with Crippen molar-refractivity contribution < 1.29 is 4.74 Å². The number of aromatic nitrogens is 2. The van der Waals surface area contributed by atoms with Gasteiger partial charge in [-0.15, -0.1) is 22.7 Å². The first-order valence-corrected chi connectivity index (χ1v) is 5.70. The summed E-state index contributed by atoms with van der Waals surface area (Å²) in [6.07, 6.45) is 0. The van der Waals surface area contributed by atoms with Crippen LogP contribution in [-0.4, -0.2) is 17.1 Å². The highest BCUT2D eigenvalue weighted by Gasteiger charge is 2.10. The molecule has 0 aromatic carbocycles. The van der Waals surface area contributed by atoms with Crippen LogP contribution in [0.5, 0.6) is 0 Å². The van der Waals surface area contributed by atoms with Gasteiger partial charge >= 0.3 is 0 Å². The van der Waals surface area contributed by atoms with Crippen molar-refractivity contribution in [1.29, 1.82) is 0 Å². The van der Waals surface area contributed by atoms with Gasteiger partial charge < -0.3 is 10.5 Å². The summed E-state index contributed by atoms with van der Waals surface area (Å²) in [6.45, 7) is 0.510. The molecule has 2 aromatic rings. The van der Waals surface area contributed by atoms with Crippen LogP contribution in [0, 0.1) is 0 Å². The lowest BCUT2D eigenvalue weighted by Gasteiger charge is -1.96. The molecule has 2 N–H and O–H groups in total. The Morgan fingerprint density at radius 2 is 2.36 bits per heavy atom. The molecule has 0 amide bonds. The summed E-state index contributed by atoms with van der Waals surface area (Å²) in [7, 11) is 1.65. The summed E-state index contributed by atoms with van der Waals surface area (Å²) in [6, 6.07) is 0. The topological polar surface area (TPSA) is 61.0 Å². The van der Waals surface area contributed by atoms with Gasteiger partial charge in [-0.05, 0) is 0 Å². The molecule has 0 bridgehead atoms. The lowest BCUT2D eigenvalue weighted by molar-refractivity contribution is 0.182. The van der Waals surface area contributed by atoms with Gasteiger partial charge in [-0.1, -0.05) is 0 Å². The van der Waals surface area contributed by atoms with E-state index in [1.54, 1.807) is 24.0 Å². The first kappa shape index (κ1) is 9.57. The Kier molecular flexibility index (Phi) is 2.76. The van der Waals surface area contributed by atoms with Crippen molar-refractivity contribution in [3.63, 3.8) is 0 Å². The van der Waals surface area contributed by atoms with E-state index in [-0.39, 0.29) is 0 Å². The Morgan fingerprint density at radius 1 is 1.50 bits per heavy atom. The molecule has 0 unspecified atom stereocenters. The fourth-order valence-electron chi connectivity index (χ4n) is 1.11. The van der Waals surface area contributed by atoms with Gasteiger partial charge in [-0.25, -0.2) is 9.97 Å². The molecule has 0 spiro atoms. The second-order valence-electron chi connectivity index (χ2n) is 2.63. The van der Waals surface area contributed by atoms with Crippen LogP contribution in [0.2, 0.25) is 0 Å². The third kappa shape index (κ3) is 1.77. The fourth-order valence-corrected chi connectivity index (χ4v) is 2.50. The second kappa shape index (κ2) is 4.04. The number of rotatable bonds is 3. The minimum absolute atomic E-state index is 0.510. The van der Waals surface area contributed by atoms with E-state index in [1.165, 1.54) is 11.3 Å². The number of ether oxygens (including phenoxy) is 1. The molecule has 0 aliphatic heterocycles. The normalized spacial score (nSPS) is 10.6. The van der Waals surface area contributed by atoms with Gasteiger partial charge in [0, 0.05) is 12.5 Å². The summed E-state index contributed by atoms with van der Waals surface area (Å²) in [5, 5.41) is 2.51. The first-order chi connectivity index (χ1) is 6.81. The van der Waals surface area contributed by atoms with Crippen LogP contribution in [0.25, 0.3) is 10.6 Å². The minimum atomic E-state index is 0.510. The lowest BCUT2D eigenvalue weighted by Crippen LogP contribution is -1.90. The summed E-state index contributed by atoms with van der Waals surface area (Å²) >= 11 is 2.99. The van der Waals surface area contributed by atoms with Crippen molar-refractivity contribution in [3.8, 4) is 10.6 Å². The molecule has 0 aliphatic rings. The molecule has 0 radical (unpaired) electrons. The molecule has 0 atom stereocenters. The molecular formula is C8H9N3OS2. The summed E-state index contributed by atoms with van der Waals surface area (Å²) in [5.41, 5.74) is 9.17. The van der Waals surface area contributed by atoms with Crippen molar-refractivity contribution in [2.45, 2.75) is 6.61 Å². The van der Waals surface area contributed by atoms with E-state index in [0.29, 0.717) is 11.7 Å². The number of hydrogen-bond donors (Lipinski definition) is 1. The van der Waals surface area contributed by atoms with E-state index in [9.17, 15) is 0 Å². The van der Waals surface area contributed by atoms with Gasteiger partial charge in [-0.2, -0.15) is 0 Å². The maximum absolute atomic E-state index is 5.57. The van der Waals surface area contributed by atoms with E-state index in [4.69, 9.17) is 10.5 Å². The molecule has 74 valence electrons. The third-order valence-electron chi connectivity index (χ3n) is 1.68. The molecule has 4 nitrogen and oxygen atoms in total. The standard InChI is InChI=1S/C8H9N3OS2/c1-12-2-5-7(14-4-10-5)6-3-13-8(9)11-6/h3-4H,2H2,1H3,(H2,9,11). The number of hydrogen-bond acceptors (Lipinski definition) is 6. The van der Waals surface area contributed by atoms with Gasteiger partial charge in [0.25, 0.3) is 0 Å². The van der Waals surface area contributed by atoms with Crippen LogP contribution in [0.1, 0.15) is 5.69 Å². The molecule has 14 heavy (non-hydrogen) atoms. The van der Waals surface area contributed by atoms with Gasteiger partial charge in [-0.3, -0.25) is 0 Å². The molecule has 0 aliphatic carbocycles. The zero-order chi connectivity index (χ0) is 9.97. The van der Waals surface area contributed by atoms with Crippen LogP contribution in [0.4, 0.5) is 5.13 Å². The molecule has 2 rings (SSSR count). The summed E-state index contributed by atoms with van der Waals surface area (Å²) in [4.78, 5) is 9.46. The number of anilines is 1. The number of nitrogen functional groups attached to an aromatic ring is 1. The third-order valence-corrected chi connectivity index (χ3v) is 3.24. The van der Waals surface area contributed by atoms with Gasteiger partial charge in [0.2, 0.25) is 0 Å². The van der Waals surface area contributed by atoms with Crippen LogP contribution in [0.15, 0.2) is 10.9 Å². The van der Waals surface area contributed by atoms with Gasteiger partial charge in [0.1, 0.15) is 0 Å². The predicted octanol–water partition coefficient (Wildman–Crippen LogP) is 2.00. The van der Waals surface area contributed by atoms with Gasteiger partial charge in [0.05, 0.1) is 28.4 Å². The smallest absolute Gasteiger partial charge is 0.180 e. The quantitative estimate of drug-likeness (QED) is 0.871. The van der Waals surface area contributed by atoms with Crippen LogP contribution in [0.3, 0.4) is 0 Å². The minimum Gasteiger partial charge on any atom is -0.378 e. The Labute approximate surface area is 89.4 Å². The maximum atomic E-state index is 5.57. The first-order valence-electron chi connectivity index (χ1n) is 3.94. The van der Waals surface area contributed by atoms with E-state index < -0.39 is 0 Å². The highest BCUT2D eigenvalue weighted by atomic mass is 32.1. The Bertz CT molecular complexity index is 424. The zero-order valence-electron chi connectivity index (χ0n) is 7.56. The molecule has 6 heteroatoms. The molecule has 0 saturated carbocycles. The lowest BCUT2D eigenvalue weighted by atomic mass is 10.3. The maximum Gasteiger partial charge on any atom is 0.180 e. The van der Waals surface area contributed by atoms with Crippen molar-refractivity contribution in [2.24, 2.45) is 0 Å². The molecule has 2 heterocycles. The monoisotopic (exact) mass is 227 g/mol. The number of nitrogens with two attached hydrogens (primary N) is 1. The molecule has 2 aromatic heterocycles. The van der Waals surface area contributed by atoms with E-state index in [0.717, 1.165) is 16.3 Å². The number of methoxy groups -OCH3 is 1. The Balaban J connectivity index is 2.36. The highest BCUT2D eigenvalue weighted by molar-refractivity contribution is 7.15. The molecular weight excluding hydrogens is 218 g/mol. The largest absolute Gasteiger partial charge is 0.378 e. The SMILES string of the molecule is COCc1ncsc1-c1csc(N)n1. The summed E-state index contributed by atoms with van der Waals surface area (Å²) in [5.74, 6) is 0. The Morgan fingerprint density at radius 3 is 3.00 bits per heavy atom. The second-order valence-corrected chi connectivity index (χ2v) is 4.38. The van der Waals surface area contributed by atoms with Gasteiger partial charge in [0.15, 0.2) is 5.13 Å². The van der Waals surface area contributed by atoms with Crippen molar-refractivity contribution in [1.82, 2.24) is 9.97 Å². The average Bonchev–Trinajstić information content (AvgIpc) is 2.74. The predicted molar refractivity (Wildman–Crippen MR) is 58.3 cm³/mol. The fraction of sp³-hybridized carbons (Fsp3) is 0.250. The van der Waals surface area contributed by atoms with Crippen LogP contribution in [-0.2, 0) is 11.3 Å². The van der Waals surface area contributed by atoms with Crippen molar-refractivity contribution >= 4 is 27.8 Å². The zero-order valence-corrected chi connectivity index (χ0v) is 9.19. The van der Waals surface area contributed by atoms with Crippen molar-refractivity contribution in [3.05, 3.63) is 16.6 Å². The van der Waals surface area contributed by atoms with E-state index in [2.05, 4.69) is 9.97 Å². The van der Waals surface area contributed by atoms with Crippen LogP contribution >= 0.6 is 22.7 Å². The van der Waals surface area contributed by atoms with Crippen molar-refractivity contribution in [2.75, 3.05) is 12.8 Å². The number of nitrogens with zero attached hydrogens (tertiary/aromatic N) is 2. The van der Waals surface area contributed by atoms with E-state index >= 15 is 0 Å². The number of thiazole rings is 2.